The zero-order chi connectivity index (χ0) is 14.1. The molecule has 0 aromatic heterocycles. The minimum atomic E-state index is 0.0142. The van der Waals surface area contributed by atoms with Crippen LogP contribution in [0.2, 0.25) is 0 Å². The van der Waals surface area contributed by atoms with E-state index in [0.29, 0.717) is 12.6 Å². The van der Waals surface area contributed by atoms with E-state index in [0.717, 1.165) is 42.9 Å². The van der Waals surface area contributed by atoms with Crippen molar-refractivity contribution in [2.45, 2.75) is 25.4 Å². The lowest BCUT2D eigenvalue weighted by Gasteiger charge is -2.39. The molecule has 1 fully saturated rings. The summed E-state index contributed by atoms with van der Waals surface area (Å²) in [4.78, 5) is 16.6. The van der Waals surface area contributed by atoms with Crippen molar-refractivity contribution in [1.82, 2.24) is 9.80 Å². The number of nitrogens with zero attached hydrogens (tertiary/aromatic N) is 2. The minimum absolute atomic E-state index is 0.0142. The number of hydrogen-bond acceptors (Lipinski definition) is 3. The summed E-state index contributed by atoms with van der Waals surface area (Å²) in [5, 5.41) is 2.99. The Hall–Kier alpha value is -1.75. The van der Waals surface area contributed by atoms with E-state index in [-0.39, 0.29) is 6.03 Å². The lowest BCUT2D eigenvalue weighted by molar-refractivity contribution is 0.133. The van der Waals surface area contributed by atoms with Crippen LogP contribution in [0.15, 0.2) is 18.2 Å². The summed E-state index contributed by atoms with van der Waals surface area (Å²) in [6.45, 7) is 2.81. The van der Waals surface area contributed by atoms with E-state index in [9.17, 15) is 4.79 Å². The van der Waals surface area contributed by atoms with Gasteiger partial charge in [0.1, 0.15) is 5.75 Å². The number of methoxy groups -OCH3 is 1. The standard InChI is InChI=1S/C15H21N3O2/c1-17-7-5-12(6-8-17)18-10-11-3-4-13(20-2)9-14(11)16-15(18)19/h3-4,9,12H,5-8,10H2,1-2H3,(H,16,19). The molecule has 0 bridgehead atoms. The summed E-state index contributed by atoms with van der Waals surface area (Å²) < 4.78 is 5.20. The Kier molecular flexibility index (Phi) is 3.53. The minimum Gasteiger partial charge on any atom is -0.497 e. The quantitative estimate of drug-likeness (QED) is 0.899. The largest absolute Gasteiger partial charge is 0.497 e. The molecular formula is C15H21N3O2. The van der Waals surface area contributed by atoms with Crippen LogP contribution in [0.1, 0.15) is 18.4 Å². The number of ether oxygens (including phenoxy) is 1. The van der Waals surface area contributed by atoms with Gasteiger partial charge in [0.15, 0.2) is 0 Å². The number of carbonyl (C=O) groups is 1. The maximum Gasteiger partial charge on any atom is 0.322 e. The molecule has 1 aromatic carbocycles. The Balaban J connectivity index is 1.77. The third-order valence-electron chi connectivity index (χ3n) is 4.29. The van der Waals surface area contributed by atoms with E-state index >= 15 is 0 Å². The number of likely N-dealkylation sites (tertiary alicyclic amines) is 1. The molecule has 1 saturated heterocycles. The molecule has 2 amide bonds. The highest BCUT2D eigenvalue weighted by Crippen LogP contribution is 2.30. The molecule has 20 heavy (non-hydrogen) atoms. The second-order valence-electron chi connectivity index (χ2n) is 5.62. The van der Waals surface area contributed by atoms with Crippen LogP contribution >= 0.6 is 0 Å². The average Bonchev–Trinajstić information content (AvgIpc) is 2.47. The van der Waals surface area contributed by atoms with Crippen molar-refractivity contribution < 1.29 is 9.53 Å². The number of carbonyl (C=O) groups excluding carboxylic acids is 1. The lowest BCUT2D eigenvalue weighted by Crippen LogP contribution is -2.49. The zero-order valence-corrected chi connectivity index (χ0v) is 12.1. The van der Waals surface area contributed by atoms with E-state index in [1.165, 1.54) is 0 Å². The predicted octanol–water partition coefficient (Wildman–Crippen LogP) is 2.14. The maximum atomic E-state index is 12.3. The number of amides is 2. The number of anilines is 1. The van der Waals surface area contributed by atoms with Crippen LogP contribution in [0.25, 0.3) is 0 Å². The van der Waals surface area contributed by atoms with Gasteiger partial charge in [-0.3, -0.25) is 0 Å². The molecule has 2 heterocycles. The van der Waals surface area contributed by atoms with Crippen LogP contribution < -0.4 is 10.1 Å². The van der Waals surface area contributed by atoms with Crippen LogP contribution in [-0.4, -0.2) is 49.1 Å². The van der Waals surface area contributed by atoms with Crippen LogP contribution in [-0.2, 0) is 6.54 Å². The first kappa shape index (κ1) is 13.2. The van der Waals surface area contributed by atoms with Crippen molar-refractivity contribution in [3.05, 3.63) is 23.8 Å². The molecule has 108 valence electrons. The van der Waals surface area contributed by atoms with E-state index in [1.807, 2.05) is 23.1 Å². The van der Waals surface area contributed by atoms with Gasteiger partial charge in [-0.25, -0.2) is 4.79 Å². The van der Waals surface area contributed by atoms with Gasteiger partial charge < -0.3 is 19.9 Å². The summed E-state index contributed by atoms with van der Waals surface area (Å²) >= 11 is 0. The first-order valence-electron chi connectivity index (χ1n) is 7.10. The first-order chi connectivity index (χ1) is 9.67. The fraction of sp³-hybridized carbons (Fsp3) is 0.533. The Bertz CT molecular complexity index is 510. The van der Waals surface area contributed by atoms with E-state index in [2.05, 4.69) is 17.3 Å². The summed E-state index contributed by atoms with van der Waals surface area (Å²) in [6.07, 6.45) is 2.10. The molecule has 2 aliphatic heterocycles. The molecule has 0 atom stereocenters. The van der Waals surface area contributed by atoms with Gasteiger partial charge in [0.2, 0.25) is 0 Å². The molecule has 0 saturated carbocycles. The molecule has 1 N–H and O–H groups in total. The number of benzene rings is 1. The van der Waals surface area contributed by atoms with Crippen LogP contribution in [0.4, 0.5) is 10.5 Å². The summed E-state index contributed by atoms with van der Waals surface area (Å²) in [5.41, 5.74) is 2.03. The number of hydrogen-bond donors (Lipinski definition) is 1. The fourth-order valence-corrected chi connectivity index (χ4v) is 2.98. The van der Waals surface area contributed by atoms with Crippen molar-refractivity contribution in [2.24, 2.45) is 0 Å². The van der Waals surface area contributed by atoms with Gasteiger partial charge in [-0.2, -0.15) is 0 Å². The Morgan fingerprint density at radius 1 is 1.30 bits per heavy atom. The third-order valence-corrected chi connectivity index (χ3v) is 4.29. The molecule has 0 radical (unpaired) electrons. The molecule has 0 unspecified atom stereocenters. The van der Waals surface area contributed by atoms with Crippen molar-refractivity contribution >= 4 is 11.7 Å². The predicted molar refractivity (Wildman–Crippen MR) is 78.1 cm³/mol. The maximum absolute atomic E-state index is 12.3. The van der Waals surface area contributed by atoms with Gasteiger partial charge in [-0.1, -0.05) is 6.07 Å². The number of rotatable bonds is 2. The highest BCUT2D eigenvalue weighted by Gasteiger charge is 2.30. The van der Waals surface area contributed by atoms with Crippen LogP contribution in [0.3, 0.4) is 0 Å². The second-order valence-corrected chi connectivity index (χ2v) is 5.62. The van der Waals surface area contributed by atoms with E-state index in [1.54, 1.807) is 7.11 Å². The monoisotopic (exact) mass is 275 g/mol. The normalized spacial score (nSPS) is 20.5. The lowest BCUT2D eigenvalue weighted by atomic mass is 10.0. The van der Waals surface area contributed by atoms with Gasteiger partial charge in [-0.05, 0) is 44.6 Å². The average molecular weight is 275 g/mol. The third kappa shape index (κ3) is 2.45. The molecule has 5 heteroatoms. The van der Waals surface area contributed by atoms with Gasteiger partial charge >= 0.3 is 6.03 Å². The van der Waals surface area contributed by atoms with E-state index < -0.39 is 0 Å². The number of nitrogens with one attached hydrogen (secondary N) is 1. The molecule has 2 aliphatic rings. The van der Waals surface area contributed by atoms with Crippen molar-refractivity contribution in [3.63, 3.8) is 0 Å². The molecular weight excluding hydrogens is 254 g/mol. The first-order valence-corrected chi connectivity index (χ1v) is 7.10. The fourth-order valence-electron chi connectivity index (χ4n) is 2.98. The van der Waals surface area contributed by atoms with Gasteiger partial charge in [-0.15, -0.1) is 0 Å². The van der Waals surface area contributed by atoms with Crippen LogP contribution in [0.5, 0.6) is 5.75 Å². The second kappa shape index (κ2) is 5.32. The summed E-state index contributed by atoms with van der Waals surface area (Å²) in [6, 6.07) is 6.24. The molecule has 5 nitrogen and oxygen atoms in total. The number of piperidine rings is 1. The van der Waals surface area contributed by atoms with Crippen molar-refractivity contribution in [1.29, 1.82) is 0 Å². The van der Waals surface area contributed by atoms with E-state index in [4.69, 9.17) is 4.74 Å². The number of urea groups is 1. The molecule has 1 aromatic rings. The summed E-state index contributed by atoms with van der Waals surface area (Å²) in [5.74, 6) is 0.775. The van der Waals surface area contributed by atoms with Gasteiger partial charge in [0.25, 0.3) is 0 Å². The SMILES string of the molecule is COc1ccc2c(c1)NC(=O)N(C1CCN(C)CC1)C2. The highest BCUT2D eigenvalue weighted by molar-refractivity contribution is 5.92. The van der Waals surface area contributed by atoms with Crippen molar-refractivity contribution in [3.8, 4) is 5.75 Å². The molecule has 3 rings (SSSR count). The van der Waals surface area contributed by atoms with Crippen molar-refractivity contribution in [2.75, 3.05) is 32.6 Å². The Morgan fingerprint density at radius 2 is 2.05 bits per heavy atom. The van der Waals surface area contributed by atoms with Gasteiger partial charge in [0, 0.05) is 18.7 Å². The summed E-state index contributed by atoms with van der Waals surface area (Å²) in [7, 11) is 3.77. The smallest absolute Gasteiger partial charge is 0.322 e. The molecule has 0 aliphatic carbocycles. The zero-order valence-electron chi connectivity index (χ0n) is 12.1. The van der Waals surface area contributed by atoms with Crippen LogP contribution in [0, 0.1) is 0 Å². The topological polar surface area (TPSA) is 44.8 Å². The Labute approximate surface area is 119 Å². The highest BCUT2D eigenvalue weighted by atomic mass is 16.5. The van der Waals surface area contributed by atoms with Gasteiger partial charge in [0.05, 0.1) is 12.8 Å². The molecule has 0 spiro atoms. The number of fused-ring (bicyclic) bond motifs is 1. The Morgan fingerprint density at radius 3 is 2.75 bits per heavy atom.